The Morgan fingerprint density at radius 2 is 1.07 bits per heavy atom. The van der Waals surface area contributed by atoms with Crippen LogP contribution >= 0.6 is 0 Å². The van der Waals surface area contributed by atoms with E-state index in [2.05, 4.69) is 15.5 Å². The van der Waals surface area contributed by atoms with Gasteiger partial charge in [-0.25, -0.2) is 4.68 Å². The maximum Gasteiger partial charge on any atom is 0.530 e. The third-order valence-electron chi connectivity index (χ3n) is 4.62. The summed E-state index contributed by atoms with van der Waals surface area (Å²) in [6.07, 6.45) is 0. The predicted octanol–water partition coefficient (Wildman–Crippen LogP) is 1.19. The van der Waals surface area contributed by atoms with E-state index < -0.39 is 12.7 Å². The molecule has 6 nitrogen and oxygen atoms in total. The lowest BCUT2D eigenvalue weighted by atomic mass is 9.75. The highest BCUT2D eigenvalue weighted by atomic mass is 16.4. The number of rotatable bonds is 5. The molecule has 0 bridgehead atoms. The molecule has 1 heterocycles. The molecule has 0 aliphatic heterocycles. The molecule has 0 atom stereocenters. The standard InChI is InChI=1S/C20H17BN4O2/c26-21(27)19-22-23-24-25(19)20(16-10-4-1-5-11-16,17-12-6-2-7-13-17)18-14-8-3-9-15-18/h1-15,26-27H. The van der Waals surface area contributed by atoms with Crippen molar-refractivity contribution in [2.75, 3.05) is 0 Å². The SMILES string of the molecule is OB(O)c1nnnn1C(c1ccccc1)(c1ccccc1)c1ccccc1. The topological polar surface area (TPSA) is 84.1 Å². The molecule has 4 rings (SSSR count). The molecule has 2 N–H and O–H groups in total. The molecule has 4 aromatic rings. The number of benzene rings is 3. The smallest absolute Gasteiger partial charge is 0.421 e. The van der Waals surface area contributed by atoms with Gasteiger partial charge < -0.3 is 10.0 Å². The minimum absolute atomic E-state index is 0.0356. The van der Waals surface area contributed by atoms with Gasteiger partial charge in [0.15, 0.2) is 5.72 Å². The number of hydrogen-bond acceptors (Lipinski definition) is 5. The molecule has 0 aliphatic carbocycles. The minimum atomic E-state index is -1.81. The van der Waals surface area contributed by atoms with Gasteiger partial charge in [-0.05, 0) is 27.1 Å². The Hall–Kier alpha value is -3.29. The second-order valence-electron chi connectivity index (χ2n) is 6.13. The molecule has 0 spiro atoms. The van der Waals surface area contributed by atoms with Crippen LogP contribution in [-0.2, 0) is 5.54 Å². The highest BCUT2D eigenvalue weighted by molar-refractivity contribution is 6.56. The molecule has 0 fully saturated rings. The van der Waals surface area contributed by atoms with Gasteiger partial charge in [-0.2, -0.15) is 0 Å². The fourth-order valence-corrected chi connectivity index (χ4v) is 3.50. The van der Waals surface area contributed by atoms with E-state index in [-0.39, 0.29) is 5.72 Å². The molecule has 0 amide bonds. The van der Waals surface area contributed by atoms with Crippen LogP contribution in [0.15, 0.2) is 91.0 Å². The maximum absolute atomic E-state index is 9.89. The first-order chi connectivity index (χ1) is 13.2. The molecule has 0 saturated carbocycles. The molecule has 1 aromatic heterocycles. The molecule has 132 valence electrons. The van der Waals surface area contributed by atoms with Crippen molar-refractivity contribution in [3.63, 3.8) is 0 Å². The summed E-state index contributed by atoms with van der Waals surface area (Å²) in [4.78, 5) is 0. The average Bonchev–Trinajstić information content (AvgIpc) is 3.22. The van der Waals surface area contributed by atoms with Crippen LogP contribution in [0, 0.1) is 0 Å². The van der Waals surface area contributed by atoms with E-state index in [1.807, 2.05) is 91.0 Å². The lowest BCUT2D eigenvalue weighted by Gasteiger charge is -2.36. The van der Waals surface area contributed by atoms with Crippen LogP contribution in [0.25, 0.3) is 0 Å². The zero-order chi connectivity index (χ0) is 18.7. The summed E-state index contributed by atoms with van der Waals surface area (Å²) >= 11 is 0. The minimum Gasteiger partial charge on any atom is -0.421 e. The Morgan fingerprint density at radius 1 is 0.667 bits per heavy atom. The second kappa shape index (κ2) is 7.15. The quantitative estimate of drug-likeness (QED) is 0.415. The molecule has 27 heavy (non-hydrogen) atoms. The number of hydrogen-bond donors (Lipinski definition) is 2. The molecule has 3 aromatic carbocycles. The first-order valence-corrected chi connectivity index (χ1v) is 8.56. The third kappa shape index (κ3) is 2.83. The van der Waals surface area contributed by atoms with Gasteiger partial charge in [0.2, 0.25) is 0 Å². The summed E-state index contributed by atoms with van der Waals surface area (Å²) in [5, 5.41) is 31.5. The van der Waals surface area contributed by atoms with Gasteiger partial charge in [0, 0.05) is 0 Å². The second-order valence-corrected chi connectivity index (χ2v) is 6.13. The first kappa shape index (κ1) is 17.1. The van der Waals surface area contributed by atoms with E-state index in [1.54, 1.807) is 0 Å². The van der Waals surface area contributed by atoms with Crippen molar-refractivity contribution in [2.24, 2.45) is 0 Å². The van der Waals surface area contributed by atoms with Crippen LogP contribution in [0.5, 0.6) is 0 Å². The van der Waals surface area contributed by atoms with Crippen LogP contribution in [0.1, 0.15) is 16.7 Å². The molecule has 7 heteroatoms. The van der Waals surface area contributed by atoms with E-state index in [9.17, 15) is 10.0 Å². The molecule has 0 unspecified atom stereocenters. The first-order valence-electron chi connectivity index (χ1n) is 8.56. The van der Waals surface area contributed by atoms with Crippen molar-refractivity contribution < 1.29 is 10.0 Å². The van der Waals surface area contributed by atoms with Crippen molar-refractivity contribution in [3.8, 4) is 0 Å². The molecule has 0 saturated heterocycles. The lowest BCUT2D eigenvalue weighted by Crippen LogP contribution is -2.50. The van der Waals surface area contributed by atoms with E-state index in [0.29, 0.717) is 0 Å². The van der Waals surface area contributed by atoms with Crippen LogP contribution in [-0.4, -0.2) is 37.4 Å². The van der Waals surface area contributed by atoms with Gasteiger partial charge in [-0.3, -0.25) is 0 Å². The van der Waals surface area contributed by atoms with Gasteiger partial charge in [-0.1, -0.05) is 91.0 Å². The van der Waals surface area contributed by atoms with Gasteiger partial charge in [0.25, 0.3) is 0 Å². The lowest BCUT2D eigenvalue weighted by molar-refractivity contribution is 0.404. The Labute approximate surface area is 156 Å². The largest absolute Gasteiger partial charge is 0.530 e. The monoisotopic (exact) mass is 356 g/mol. The van der Waals surface area contributed by atoms with Gasteiger partial charge in [0.1, 0.15) is 5.54 Å². The van der Waals surface area contributed by atoms with Crippen molar-refractivity contribution >= 4 is 12.8 Å². The highest BCUT2D eigenvalue weighted by Gasteiger charge is 2.43. The van der Waals surface area contributed by atoms with Gasteiger partial charge in [0.05, 0.1) is 0 Å². The maximum atomic E-state index is 9.89. The summed E-state index contributed by atoms with van der Waals surface area (Å²) in [6, 6.07) is 29.3. The Kier molecular flexibility index (Phi) is 4.54. The Morgan fingerprint density at radius 3 is 1.44 bits per heavy atom. The number of aromatic nitrogens is 4. The van der Waals surface area contributed by atoms with Crippen LogP contribution in [0.3, 0.4) is 0 Å². The highest BCUT2D eigenvalue weighted by Crippen LogP contribution is 2.39. The molecular weight excluding hydrogens is 339 g/mol. The van der Waals surface area contributed by atoms with Crippen LogP contribution < -0.4 is 5.72 Å². The van der Waals surface area contributed by atoms with Crippen molar-refractivity contribution in [3.05, 3.63) is 108 Å². The third-order valence-corrected chi connectivity index (χ3v) is 4.62. The van der Waals surface area contributed by atoms with Gasteiger partial charge >= 0.3 is 7.12 Å². The van der Waals surface area contributed by atoms with Crippen molar-refractivity contribution in [1.29, 1.82) is 0 Å². The normalized spacial score (nSPS) is 11.3. The van der Waals surface area contributed by atoms with E-state index in [1.165, 1.54) is 4.68 Å². The predicted molar refractivity (Wildman–Crippen MR) is 102 cm³/mol. The number of tetrazole rings is 1. The fourth-order valence-electron chi connectivity index (χ4n) is 3.50. The number of nitrogens with zero attached hydrogens (tertiary/aromatic N) is 4. The van der Waals surface area contributed by atoms with Crippen LogP contribution in [0.4, 0.5) is 0 Å². The van der Waals surface area contributed by atoms with Crippen LogP contribution in [0.2, 0.25) is 0 Å². The Bertz CT molecular complexity index is 911. The Balaban J connectivity index is 2.15. The van der Waals surface area contributed by atoms with Gasteiger partial charge in [-0.15, -0.1) is 5.10 Å². The van der Waals surface area contributed by atoms with Crippen molar-refractivity contribution in [2.45, 2.75) is 5.54 Å². The van der Waals surface area contributed by atoms with E-state index in [0.717, 1.165) is 16.7 Å². The average molecular weight is 356 g/mol. The van der Waals surface area contributed by atoms with Crippen molar-refractivity contribution in [1.82, 2.24) is 20.2 Å². The zero-order valence-corrected chi connectivity index (χ0v) is 14.4. The van der Waals surface area contributed by atoms with E-state index >= 15 is 0 Å². The molecule has 0 aliphatic rings. The van der Waals surface area contributed by atoms with E-state index in [4.69, 9.17) is 0 Å². The fraction of sp³-hybridized carbons (Fsp3) is 0.0500. The molecule has 0 radical (unpaired) electrons. The molecular formula is C20H17BN4O2. The summed E-state index contributed by atoms with van der Waals surface area (Å²) in [5.74, 6) is 0. The summed E-state index contributed by atoms with van der Waals surface area (Å²) < 4.78 is 1.48. The summed E-state index contributed by atoms with van der Waals surface area (Å²) in [6.45, 7) is 0. The summed E-state index contributed by atoms with van der Waals surface area (Å²) in [5.41, 5.74) is 1.70. The zero-order valence-electron chi connectivity index (χ0n) is 14.4. The summed E-state index contributed by atoms with van der Waals surface area (Å²) in [7, 11) is -1.81.